The Morgan fingerprint density at radius 3 is 2.60 bits per heavy atom. The summed E-state index contributed by atoms with van der Waals surface area (Å²) in [5.41, 5.74) is 0.152. The molecule has 0 bridgehead atoms. The number of hydrogen-bond acceptors (Lipinski definition) is 2. The van der Waals surface area contributed by atoms with Crippen LogP contribution in [0.4, 0.5) is 8.78 Å². The fraction of sp³-hybridized carbons (Fsp3) is 0.533. The van der Waals surface area contributed by atoms with E-state index in [1.807, 2.05) is 13.8 Å². The van der Waals surface area contributed by atoms with Gasteiger partial charge in [0.15, 0.2) is 11.6 Å². The minimum absolute atomic E-state index is 0.00773. The number of aryl methyl sites for hydroxylation is 1. The number of halogens is 2. The van der Waals surface area contributed by atoms with Gasteiger partial charge in [0.25, 0.3) is 0 Å². The van der Waals surface area contributed by atoms with Gasteiger partial charge in [0.2, 0.25) is 5.91 Å². The van der Waals surface area contributed by atoms with Crippen molar-refractivity contribution in [2.24, 2.45) is 0 Å². The van der Waals surface area contributed by atoms with Crippen LogP contribution < -0.4 is 5.32 Å². The van der Waals surface area contributed by atoms with Crippen LogP contribution in [0.2, 0.25) is 0 Å². The van der Waals surface area contributed by atoms with E-state index >= 15 is 0 Å². The zero-order chi connectivity index (χ0) is 15.2. The smallest absolute Gasteiger partial charge is 0.220 e. The Morgan fingerprint density at radius 2 is 2.05 bits per heavy atom. The number of nitrogens with one attached hydrogen (secondary N) is 1. The second-order valence-corrected chi connectivity index (χ2v) is 5.18. The predicted molar refractivity (Wildman–Crippen MR) is 73.2 cm³/mol. The molecule has 2 N–H and O–H groups in total. The molecule has 0 aliphatic heterocycles. The van der Waals surface area contributed by atoms with Gasteiger partial charge in [0.1, 0.15) is 0 Å². The van der Waals surface area contributed by atoms with E-state index in [9.17, 15) is 13.6 Å². The lowest BCUT2D eigenvalue weighted by Gasteiger charge is -2.29. The molecule has 1 amide bonds. The Morgan fingerprint density at radius 1 is 1.35 bits per heavy atom. The molecule has 0 saturated heterocycles. The van der Waals surface area contributed by atoms with E-state index in [0.717, 1.165) is 12.1 Å². The second kappa shape index (κ2) is 7.33. The van der Waals surface area contributed by atoms with Gasteiger partial charge in [0.05, 0.1) is 0 Å². The maximum atomic E-state index is 13.0. The maximum absolute atomic E-state index is 13.0. The van der Waals surface area contributed by atoms with Crippen LogP contribution in [0.15, 0.2) is 18.2 Å². The quantitative estimate of drug-likeness (QED) is 0.809. The van der Waals surface area contributed by atoms with E-state index in [1.54, 1.807) is 0 Å². The van der Waals surface area contributed by atoms with E-state index in [0.29, 0.717) is 24.8 Å². The molecule has 1 aromatic rings. The minimum atomic E-state index is -0.901. The van der Waals surface area contributed by atoms with Gasteiger partial charge in [-0.3, -0.25) is 4.79 Å². The van der Waals surface area contributed by atoms with Gasteiger partial charge in [-0.15, -0.1) is 0 Å². The van der Waals surface area contributed by atoms with Gasteiger partial charge in [0, 0.05) is 18.6 Å². The first-order chi connectivity index (χ1) is 9.40. The first kappa shape index (κ1) is 16.6. The first-order valence-corrected chi connectivity index (χ1v) is 6.76. The number of aliphatic hydroxyl groups excluding tert-OH is 1. The standard InChI is InChI=1S/C15H21F2NO2/c1-3-15(2,8-9-19)18-14(20)7-5-11-4-6-12(16)13(17)10-11/h4,6,10,19H,3,5,7-9H2,1-2H3,(H,18,20). The lowest BCUT2D eigenvalue weighted by atomic mass is 9.94. The third-order valence-electron chi connectivity index (χ3n) is 3.51. The largest absolute Gasteiger partial charge is 0.396 e. The summed E-state index contributed by atoms with van der Waals surface area (Å²) < 4.78 is 25.8. The maximum Gasteiger partial charge on any atom is 0.220 e. The zero-order valence-electron chi connectivity index (χ0n) is 11.9. The number of hydrogen-bond donors (Lipinski definition) is 2. The Labute approximate surface area is 118 Å². The summed E-state index contributed by atoms with van der Waals surface area (Å²) in [4.78, 5) is 11.9. The van der Waals surface area contributed by atoms with Gasteiger partial charge >= 0.3 is 0 Å². The third kappa shape index (κ3) is 4.89. The molecule has 1 rings (SSSR count). The van der Waals surface area contributed by atoms with E-state index in [2.05, 4.69) is 5.32 Å². The van der Waals surface area contributed by atoms with Gasteiger partial charge in [-0.05, 0) is 43.9 Å². The highest BCUT2D eigenvalue weighted by molar-refractivity contribution is 5.77. The molecule has 20 heavy (non-hydrogen) atoms. The molecule has 0 aliphatic rings. The summed E-state index contributed by atoms with van der Waals surface area (Å²) in [6.45, 7) is 3.82. The molecule has 1 atom stereocenters. The number of amides is 1. The minimum Gasteiger partial charge on any atom is -0.396 e. The highest BCUT2D eigenvalue weighted by atomic mass is 19.2. The van der Waals surface area contributed by atoms with Crippen molar-refractivity contribution in [1.29, 1.82) is 0 Å². The fourth-order valence-electron chi connectivity index (χ4n) is 1.93. The number of aliphatic hydroxyl groups is 1. The molecule has 0 heterocycles. The van der Waals surface area contributed by atoms with Crippen LogP contribution in [0.1, 0.15) is 38.7 Å². The second-order valence-electron chi connectivity index (χ2n) is 5.18. The van der Waals surface area contributed by atoms with Crippen LogP contribution in [0, 0.1) is 11.6 Å². The van der Waals surface area contributed by atoms with Crippen molar-refractivity contribution in [3.8, 4) is 0 Å². The normalized spacial score (nSPS) is 13.8. The summed E-state index contributed by atoms with van der Waals surface area (Å²) >= 11 is 0. The van der Waals surface area contributed by atoms with Crippen LogP contribution in [0.3, 0.4) is 0 Å². The topological polar surface area (TPSA) is 49.3 Å². The zero-order valence-corrected chi connectivity index (χ0v) is 11.9. The van der Waals surface area contributed by atoms with Crippen molar-refractivity contribution < 1.29 is 18.7 Å². The lowest BCUT2D eigenvalue weighted by molar-refractivity contribution is -0.123. The Kier molecular flexibility index (Phi) is 6.07. The van der Waals surface area contributed by atoms with Crippen molar-refractivity contribution >= 4 is 5.91 Å². The van der Waals surface area contributed by atoms with Crippen LogP contribution in [0.25, 0.3) is 0 Å². The molecular formula is C15H21F2NO2. The monoisotopic (exact) mass is 285 g/mol. The van der Waals surface area contributed by atoms with Crippen molar-refractivity contribution in [2.45, 2.75) is 45.1 Å². The molecular weight excluding hydrogens is 264 g/mol. The lowest BCUT2D eigenvalue weighted by Crippen LogP contribution is -2.46. The molecule has 0 spiro atoms. The predicted octanol–water partition coefficient (Wildman–Crippen LogP) is 2.56. The molecule has 0 fully saturated rings. The molecule has 0 aromatic heterocycles. The summed E-state index contributed by atoms with van der Waals surface area (Å²) in [5, 5.41) is 11.9. The molecule has 3 nitrogen and oxygen atoms in total. The summed E-state index contributed by atoms with van der Waals surface area (Å²) in [7, 11) is 0. The van der Waals surface area contributed by atoms with E-state index in [4.69, 9.17) is 5.11 Å². The highest BCUT2D eigenvalue weighted by Crippen LogP contribution is 2.15. The summed E-state index contributed by atoms with van der Waals surface area (Å²) in [5.74, 6) is -1.95. The molecule has 1 aromatic carbocycles. The van der Waals surface area contributed by atoms with E-state index < -0.39 is 17.2 Å². The Balaban J connectivity index is 2.52. The molecule has 1 unspecified atom stereocenters. The van der Waals surface area contributed by atoms with E-state index in [-0.39, 0.29) is 18.9 Å². The van der Waals surface area contributed by atoms with Crippen LogP contribution in [-0.4, -0.2) is 23.2 Å². The van der Waals surface area contributed by atoms with Crippen molar-refractivity contribution in [3.63, 3.8) is 0 Å². The number of carbonyl (C=O) groups is 1. The Bertz CT molecular complexity index is 465. The molecule has 0 radical (unpaired) electrons. The summed E-state index contributed by atoms with van der Waals surface area (Å²) in [6, 6.07) is 3.64. The average molecular weight is 285 g/mol. The highest BCUT2D eigenvalue weighted by Gasteiger charge is 2.23. The van der Waals surface area contributed by atoms with Gasteiger partial charge in [-0.2, -0.15) is 0 Å². The molecule has 0 aliphatic carbocycles. The van der Waals surface area contributed by atoms with Crippen molar-refractivity contribution in [3.05, 3.63) is 35.4 Å². The van der Waals surface area contributed by atoms with Crippen LogP contribution in [-0.2, 0) is 11.2 Å². The van der Waals surface area contributed by atoms with Gasteiger partial charge in [-0.25, -0.2) is 8.78 Å². The average Bonchev–Trinajstić information content (AvgIpc) is 2.40. The molecule has 112 valence electrons. The van der Waals surface area contributed by atoms with Gasteiger partial charge in [-0.1, -0.05) is 13.0 Å². The SMILES string of the molecule is CCC(C)(CCO)NC(=O)CCc1ccc(F)c(F)c1. The van der Waals surface area contributed by atoms with Crippen LogP contribution >= 0.6 is 0 Å². The fourth-order valence-corrected chi connectivity index (χ4v) is 1.93. The number of rotatable bonds is 7. The van der Waals surface area contributed by atoms with Crippen molar-refractivity contribution in [2.75, 3.05) is 6.61 Å². The molecule has 5 heteroatoms. The third-order valence-corrected chi connectivity index (χ3v) is 3.51. The molecule has 0 saturated carbocycles. The Hall–Kier alpha value is -1.49. The summed E-state index contributed by atoms with van der Waals surface area (Å²) in [6.07, 6.45) is 1.75. The van der Waals surface area contributed by atoms with E-state index in [1.165, 1.54) is 6.07 Å². The first-order valence-electron chi connectivity index (χ1n) is 6.76. The van der Waals surface area contributed by atoms with Crippen molar-refractivity contribution in [1.82, 2.24) is 5.32 Å². The number of benzene rings is 1. The van der Waals surface area contributed by atoms with Gasteiger partial charge < -0.3 is 10.4 Å². The number of carbonyl (C=O) groups excluding carboxylic acids is 1. The van der Waals surface area contributed by atoms with Crippen LogP contribution in [0.5, 0.6) is 0 Å².